The molecule has 0 bridgehead atoms. The van der Waals surface area contributed by atoms with E-state index < -0.39 is 18.2 Å². The molecule has 0 saturated carbocycles. The quantitative estimate of drug-likeness (QED) is 0.804. The lowest BCUT2D eigenvalue weighted by Crippen LogP contribution is -2.36. The number of amides is 1. The Bertz CT molecular complexity index is 545. The summed E-state index contributed by atoms with van der Waals surface area (Å²) in [6, 6.07) is 0. The van der Waals surface area contributed by atoms with Crippen LogP contribution in [0.1, 0.15) is 33.7 Å². The van der Waals surface area contributed by atoms with E-state index in [1.54, 1.807) is 25.7 Å². The molecule has 2 rings (SSSR count). The van der Waals surface area contributed by atoms with Crippen molar-refractivity contribution >= 4 is 22.0 Å². The minimum absolute atomic E-state index is 0.212. The van der Waals surface area contributed by atoms with Crippen molar-refractivity contribution in [2.24, 2.45) is 0 Å². The zero-order valence-corrected chi connectivity index (χ0v) is 14.1. The van der Waals surface area contributed by atoms with Crippen molar-refractivity contribution in [1.29, 1.82) is 0 Å². The molecule has 1 saturated heterocycles. The van der Waals surface area contributed by atoms with E-state index in [2.05, 4.69) is 21.0 Å². The number of carbonyl (C=O) groups is 1. The van der Waals surface area contributed by atoms with Gasteiger partial charge in [0, 0.05) is 13.0 Å². The van der Waals surface area contributed by atoms with Gasteiger partial charge in [0.1, 0.15) is 11.7 Å². The second kappa shape index (κ2) is 6.39. The molecular weight excluding hydrogens is 364 g/mol. The number of hydrogen-bond donors (Lipinski definition) is 0. The molecule has 2 heterocycles. The lowest BCUT2D eigenvalue weighted by molar-refractivity contribution is 0.0275. The Hall–Kier alpha value is -1.38. The Morgan fingerprint density at radius 3 is 2.73 bits per heavy atom. The highest BCUT2D eigenvalue weighted by Gasteiger charge is 2.31. The Balaban J connectivity index is 1.92. The highest BCUT2D eigenvalue weighted by molar-refractivity contribution is 9.10. The first-order valence-corrected chi connectivity index (χ1v) is 7.62. The minimum atomic E-state index is -2.73. The van der Waals surface area contributed by atoms with Gasteiger partial charge >= 0.3 is 12.6 Å². The molecule has 6 nitrogen and oxygen atoms in total. The maximum Gasteiger partial charge on any atom is 0.410 e. The van der Waals surface area contributed by atoms with Crippen LogP contribution in [0.4, 0.5) is 13.6 Å². The molecular formula is C13H18BrF2N3O3. The second-order valence-corrected chi connectivity index (χ2v) is 6.75. The van der Waals surface area contributed by atoms with Crippen molar-refractivity contribution in [3.8, 4) is 5.75 Å². The summed E-state index contributed by atoms with van der Waals surface area (Å²) in [6.07, 6.45) is 1.05. The summed E-state index contributed by atoms with van der Waals surface area (Å²) in [7, 11) is 0. The lowest BCUT2D eigenvalue weighted by atomic mass is 10.2. The van der Waals surface area contributed by atoms with Crippen LogP contribution in [0.15, 0.2) is 10.8 Å². The van der Waals surface area contributed by atoms with Crippen molar-refractivity contribution in [3.05, 3.63) is 10.8 Å². The van der Waals surface area contributed by atoms with Gasteiger partial charge in [-0.25, -0.2) is 9.48 Å². The molecule has 1 unspecified atom stereocenters. The molecule has 0 spiro atoms. The monoisotopic (exact) mass is 381 g/mol. The van der Waals surface area contributed by atoms with Gasteiger partial charge in [-0.3, -0.25) is 0 Å². The van der Waals surface area contributed by atoms with Crippen LogP contribution < -0.4 is 4.74 Å². The maximum absolute atomic E-state index is 12.6. The topological polar surface area (TPSA) is 56.6 Å². The molecule has 124 valence electrons. The average Bonchev–Trinajstić information content (AvgIpc) is 2.96. The van der Waals surface area contributed by atoms with Crippen LogP contribution >= 0.6 is 15.9 Å². The standard InChI is InChI=1S/C13H18BrF2N3O3/c1-13(2,3)22-12(20)18-5-4-8(6-18)21-9-7-19(11(15)16)17-10(9)14/h7-8,11H,4-6H2,1-3H3. The molecule has 1 fully saturated rings. The molecule has 0 N–H and O–H groups in total. The van der Waals surface area contributed by atoms with Gasteiger partial charge in [0.25, 0.3) is 0 Å². The number of aromatic nitrogens is 2. The highest BCUT2D eigenvalue weighted by atomic mass is 79.9. The predicted octanol–water partition coefficient (Wildman–Crippen LogP) is 3.43. The third-order valence-electron chi connectivity index (χ3n) is 2.95. The van der Waals surface area contributed by atoms with E-state index in [-0.39, 0.29) is 16.5 Å². The van der Waals surface area contributed by atoms with E-state index in [1.165, 1.54) is 0 Å². The SMILES string of the molecule is CC(C)(C)OC(=O)N1CCC(Oc2cn(C(F)F)nc2Br)C1. The minimum Gasteiger partial charge on any atom is -0.484 e. The maximum atomic E-state index is 12.6. The molecule has 0 aromatic carbocycles. The van der Waals surface area contributed by atoms with Gasteiger partial charge in [0.2, 0.25) is 0 Å². The molecule has 1 amide bonds. The Labute approximate surface area is 135 Å². The molecule has 0 radical (unpaired) electrons. The number of alkyl halides is 2. The van der Waals surface area contributed by atoms with Crippen LogP contribution in [-0.4, -0.2) is 45.6 Å². The van der Waals surface area contributed by atoms with Crippen LogP contribution in [0, 0.1) is 0 Å². The van der Waals surface area contributed by atoms with E-state index in [4.69, 9.17) is 9.47 Å². The first-order chi connectivity index (χ1) is 10.2. The third-order valence-corrected chi connectivity index (χ3v) is 3.50. The molecule has 0 aliphatic carbocycles. The fourth-order valence-electron chi connectivity index (χ4n) is 2.03. The summed E-state index contributed by atoms with van der Waals surface area (Å²) >= 11 is 3.08. The number of halogens is 3. The van der Waals surface area contributed by atoms with Crippen LogP contribution in [-0.2, 0) is 4.74 Å². The van der Waals surface area contributed by atoms with E-state index >= 15 is 0 Å². The van der Waals surface area contributed by atoms with E-state index in [9.17, 15) is 13.6 Å². The number of rotatable bonds is 3. The summed E-state index contributed by atoms with van der Waals surface area (Å²) in [5, 5.41) is 3.61. The molecule has 1 aliphatic rings. The van der Waals surface area contributed by atoms with Gasteiger partial charge in [0.05, 0.1) is 12.7 Å². The predicted molar refractivity (Wildman–Crippen MR) is 78.0 cm³/mol. The van der Waals surface area contributed by atoms with Crippen LogP contribution in [0.5, 0.6) is 5.75 Å². The van der Waals surface area contributed by atoms with Crippen molar-refractivity contribution < 1.29 is 23.0 Å². The van der Waals surface area contributed by atoms with Crippen molar-refractivity contribution in [1.82, 2.24) is 14.7 Å². The molecule has 1 aromatic rings. The van der Waals surface area contributed by atoms with Crippen molar-refractivity contribution in [2.45, 2.75) is 45.4 Å². The van der Waals surface area contributed by atoms with Crippen molar-refractivity contribution in [2.75, 3.05) is 13.1 Å². The van der Waals surface area contributed by atoms with E-state index in [0.717, 1.165) is 6.20 Å². The van der Waals surface area contributed by atoms with Gasteiger partial charge in [-0.1, -0.05) is 0 Å². The van der Waals surface area contributed by atoms with Crippen molar-refractivity contribution in [3.63, 3.8) is 0 Å². The first kappa shape index (κ1) is 17.0. The van der Waals surface area contributed by atoms with Gasteiger partial charge in [-0.05, 0) is 36.7 Å². The normalized spacial score (nSPS) is 18.9. The Kier molecular flexibility index (Phi) is 4.93. The van der Waals surface area contributed by atoms with Gasteiger partial charge in [-0.15, -0.1) is 0 Å². The Morgan fingerprint density at radius 2 is 2.18 bits per heavy atom. The zero-order valence-electron chi connectivity index (χ0n) is 12.6. The first-order valence-electron chi connectivity index (χ1n) is 6.83. The molecule has 1 atom stereocenters. The number of ether oxygens (including phenoxy) is 2. The largest absolute Gasteiger partial charge is 0.484 e. The molecule has 1 aromatic heterocycles. The molecule has 9 heteroatoms. The van der Waals surface area contributed by atoms with Gasteiger partial charge < -0.3 is 14.4 Å². The summed E-state index contributed by atoms with van der Waals surface area (Å²) in [4.78, 5) is 13.5. The second-order valence-electron chi connectivity index (χ2n) is 6.00. The molecule has 1 aliphatic heterocycles. The lowest BCUT2D eigenvalue weighted by Gasteiger charge is -2.24. The third kappa shape index (κ3) is 4.31. The van der Waals surface area contributed by atoms with E-state index in [0.29, 0.717) is 24.2 Å². The average molecular weight is 382 g/mol. The number of carbonyl (C=O) groups excluding carboxylic acids is 1. The number of likely N-dealkylation sites (tertiary alicyclic amines) is 1. The number of hydrogen-bond acceptors (Lipinski definition) is 4. The van der Waals surface area contributed by atoms with Gasteiger partial charge in [-0.2, -0.15) is 13.9 Å². The smallest absolute Gasteiger partial charge is 0.410 e. The fourth-order valence-corrected chi connectivity index (χ4v) is 2.41. The summed E-state index contributed by atoms with van der Waals surface area (Å²) in [5.41, 5.74) is -0.558. The van der Waals surface area contributed by atoms with Crippen LogP contribution in [0.3, 0.4) is 0 Å². The summed E-state index contributed by atoms with van der Waals surface area (Å²) in [5.74, 6) is 0.233. The van der Waals surface area contributed by atoms with Crippen LogP contribution in [0.2, 0.25) is 0 Å². The highest BCUT2D eigenvalue weighted by Crippen LogP contribution is 2.28. The van der Waals surface area contributed by atoms with Gasteiger partial charge in [0.15, 0.2) is 10.4 Å². The summed E-state index contributed by atoms with van der Waals surface area (Å²) < 4.78 is 36.8. The Morgan fingerprint density at radius 1 is 1.50 bits per heavy atom. The van der Waals surface area contributed by atoms with E-state index in [1.807, 2.05) is 0 Å². The zero-order chi connectivity index (χ0) is 16.5. The van der Waals surface area contributed by atoms with Crippen LogP contribution in [0.25, 0.3) is 0 Å². The fraction of sp³-hybridized carbons (Fsp3) is 0.692. The summed E-state index contributed by atoms with van der Waals surface area (Å²) in [6.45, 7) is 3.51. The molecule has 22 heavy (non-hydrogen) atoms. The number of nitrogens with zero attached hydrogens (tertiary/aromatic N) is 3.